The number of halogens is 1. The number of nitrogens with zero attached hydrogens (tertiary/aromatic N) is 1. The van der Waals surface area contributed by atoms with Crippen LogP contribution in [-0.4, -0.2) is 13.1 Å². The minimum atomic E-state index is -0.374. The van der Waals surface area contributed by atoms with Crippen LogP contribution in [0.4, 0.5) is 0 Å². The lowest BCUT2D eigenvalue weighted by Gasteiger charge is -2.33. The molecule has 0 radical (unpaired) electrons. The normalized spacial score (nSPS) is 16.9. The largest absolute Gasteiger partial charge is 0.317 e. The predicted octanol–water partition coefficient (Wildman–Crippen LogP) is 4.64. The summed E-state index contributed by atoms with van der Waals surface area (Å²) in [7, 11) is 0. The van der Waals surface area contributed by atoms with E-state index in [4.69, 9.17) is 11.6 Å². The second-order valence-electron chi connectivity index (χ2n) is 5.50. The summed E-state index contributed by atoms with van der Waals surface area (Å²) < 4.78 is 0. The van der Waals surface area contributed by atoms with Crippen molar-refractivity contribution in [1.82, 2.24) is 5.32 Å². The first-order chi connectivity index (χ1) is 10.7. The van der Waals surface area contributed by atoms with Crippen molar-refractivity contribution >= 4 is 23.4 Å². The molecule has 0 bridgehead atoms. The van der Waals surface area contributed by atoms with Gasteiger partial charge in [0.2, 0.25) is 0 Å². The van der Waals surface area contributed by atoms with E-state index in [1.165, 1.54) is 0 Å². The van der Waals surface area contributed by atoms with Gasteiger partial charge in [0.1, 0.15) is 0 Å². The highest BCUT2D eigenvalue weighted by Gasteiger charge is 2.35. The van der Waals surface area contributed by atoms with Crippen LogP contribution < -0.4 is 5.32 Å². The zero-order chi connectivity index (χ0) is 15.4. The number of benzene rings is 2. The smallest absolute Gasteiger partial charge is 0.0857 e. The lowest BCUT2D eigenvalue weighted by Crippen LogP contribution is -2.39. The van der Waals surface area contributed by atoms with Crippen LogP contribution in [0.1, 0.15) is 18.4 Å². The molecule has 0 unspecified atom stereocenters. The van der Waals surface area contributed by atoms with Crippen LogP contribution in [-0.2, 0) is 5.41 Å². The number of nitriles is 1. The maximum atomic E-state index is 9.82. The van der Waals surface area contributed by atoms with Crippen LogP contribution in [0.5, 0.6) is 0 Å². The van der Waals surface area contributed by atoms with Crippen molar-refractivity contribution in [3.8, 4) is 6.07 Å². The molecule has 0 spiro atoms. The Bertz CT molecular complexity index is 685. The summed E-state index contributed by atoms with van der Waals surface area (Å²) in [5.74, 6) is 0. The van der Waals surface area contributed by atoms with Crippen LogP contribution in [0, 0.1) is 11.3 Å². The van der Waals surface area contributed by atoms with Crippen LogP contribution in [0.2, 0.25) is 5.02 Å². The third-order valence-electron chi connectivity index (χ3n) is 4.12. The zero-order valence-corrected chi connectivity index (χ0v) is 13.8. The fourth-order valence-electron chi connectivity index (χ4n) is 2.88. The standard InChI is InChI=1S/C18H17ClN2S/c19-14-5-7-15(8-6-14)22-17-4-2-1-3-16(17)18(13-20)9-11-21-12-10-18/h1-8,21H,9-12H2. The van der Waals surface area contributed by atoms with Crippen molar-refractivity contribution in [3.63, 3.8) is 0 Å². The molecule has 112 valence electrons. The number of nitrogens with one attached hydrogen (secondary N) is 1. The highest BCUT2D eigenvalue weighted by molar-refractivity contribution is 7.99. The topological polar surface area (TPSA) is 35.8 Å². The first-order valence-corrected chi connectivity index (χ1v) is 8.58. The van der Waals surface area contributed by atoms with Crippen LogP contribution in [0.3, 0.4) is 0 Å². The van der Waals surface area contributed by atoms with Crippen molar-refractivity contribution in [2.24, 2.45) is 0 Å². The summed E-state index contributed by atoms with van der Waals surface area (Å²) in [5, 5.41) is 13.9. The molecule has 1 saturated heterocycles. The second kappa shape index (κ2) is 6.75. The molecular formula is C18H17ClN2S. The fraction of sp³-hybridized carbons (Fsp3) is 0.278. The lowest BCUT2D eigenvalue weighted by molar-refractivity contribution is 0.378. The Balaban J connectivity index is 1.96. The van der Waals surface area contributed by atoms with Crippen molar-refractivity contribution in [1.29, 1.82) is 5.26 Å². The van der Waals surface area contributed by atoms with Crippen molar-refractivity contribution in [2.45, 2.75) is 28.0 Å². The molecule has 0 atom stereocenters. The summed E-state index contributed by atoms with van der Waals surface area (Å²) in [6.45, 7) is 1.79. The maximum Gasteiger partial charge on any atom is 0.0857 e. The molecule has 22 heavy (non-hydrogen) atoms. The summed E-state index contributed by atoms with van der Waals surface area (Å²) in [4.78, 5) is 2.30. The van der Waals surface area contributed by atoms with Gasteiger partial charge in [-0.3, -0.25) is 0 Å². The molecule has 4 heteroatoms. The summed E-state index contributed by atoms with van der Waals surface area (Å²) in [6, 6.07) is 18.7. The molecule has 2 aromatic rings. The molecule has 2 nitrogen and oxygen atoms in total. The Morgan fingerprint density at radius 2 is 1.73 bits per heavy atom. The SMILES string of the molecule is N#CC1(c2ccccc2Sc2ccc(Cl)cc2)CCNCC1. The molecule has 0 amide bonds. The van der Waals surface area contributed by atoms with Gasteiger partial charge < -0.3 is 5.32 Å². The quantitative estimate of drug-likeness (QED) is 0.891. The van der Waals surface area contributed by atoms with Crippen LogP contribution in [0.25, 0.3) is 0 Å². The molecule has 1 aliphatic rings. The van der Waals surface area contributed by atoms with E-state index in [0.29, 0.717) is 0 Å². The first kappa shape index (κ1) is 15.4. The van der Waals surface area contributed by atoms with Gasteiger partial charge in [-0.15, -0.1) is 0 Å². The Hall–Kier alpha value is -1.47. The van der Waals surface area contributed by atoms with Crippen molar-refractivity contribution in [3.05, 3.63) is 59.1 Å². The van der Waals surface area contributed by atoms with Gasteiger partial charge in [0, 0.05) is 14.8 Å². The summed E-state index contributed by atoms with van der Waals surface area (Å²) in [5.41, 5.74) is 0.778. The van der Waals surface area contributed by atoms with Crippen LogP contribution >= 0.6 is 23.4 Å². The molecule has 1 N–H and O–H groups in total. The van der Waals surface area contributed by atoms with E-state index in [1.807, 2.05) is 36.4 Å². The second-order valence-corrected chi connectivity index (χ2v) is 7.05. The Morgan fingerprint density at radius 3 is 2.41 bits per heavy atom. The lowest BCUT2D eigenvalue weighted by atomic mass is 9.74. The number of rotatable bonds is 3. The van der Waals surface area contributed by atoms with Gasteiger partial charge in [0.25, 0.3) is 0 Å². The minimum Gasteiger partial charge on any atom is -0.317 e. The summed E-state index contributed by atoms with van der Waals surface area (Å²) >= 11 is 7.65. The molecular weight excluding hydrogens is 312 g/mol. The monoisotopic (exact) mass is 328 g/mol. The van der Waals surface area contributed by atoms with Gasteiger partial charge in [0.05, 0.1) is 11.5 Å². The molecule has 0 aromatic heterocycles. The predicted molar refractivity (Wildman–Crippen MR) is 91.4 cm³/mol. The van der Waals surface area contributed by atoms with Crippen LogP contribution in [0.15, 0.2) is 58.3 Å². The Morgan fingerprint density at radius 1 is 1.05 bits per heavy atom. The number of hydrogen-bond donors (Lipinski definition) is 1. The van der Waals surface area contributed by atoms with E-state index in [0.717, 1.165) is 46.3 Å². The molecule has 0 aliphatic carbocycles. The van der Waals surface area contributed by atoms with Crippen molar-refractivity contribution in [2.75, 3.05) is 13.1 Å². The van der Waals surface area contributed by atoms with Gasteiger partial charge in [0.15, 0.2) is 0 Å². The molecule has 1 fully saturated rings. The maximum absolute atomic E-state index is 9.82. The van der Waals surface area contributed by atoms with Gasteiger partial charge in [-0.25, -0.2) is 0 Å². The fourth-order valence-corrected chi connectivity index (χ4v) is 4.05. The van der Waals surface area contributed by atoms with E-state index in [9.17, 15) is 5.26 Å². The Kier molecular flexibility index (Phi) is 4.73. The molecule has 1 heterocycles. The highest BCUT2D eigenvalue weighted by Crippen LogP contribution is 2.41. The average Bonchev–Trinajstić information content (AvgIpc) is 2.58. The number of hydrogen-bond acceptors (Lipinski definition) is 3. The van der Waals surface area contributed by atoms with E-state index < -0.39 is 0 Å². The van der Waals surface area contributed by atoms with Gasteiger partial charge >= 0.3 is 0 Å². The third kappa shape index (κ3) is 3.15. The summed E-state index contributed by atoms with van der Waals surface area (Å²) in [6.07, 6.45) is 1.73. The van der Waals surface area contributed by atoms with Gasteiger partial charge in [-0.05, 0) is 61.8 Å². The number of piperidine rings is 1. The highest BCUT2D eigenvalue weighted by atomic mass is 35.5. The van der Waals surface area contributed by atoms with E-state index in [1.54, 1.807) is 11.8 Å². The molecule has 0 saturated carbocycles. The zero-order valence-electron chi connectivity index (χ0n) is 12.2. The molecule has 3 rings (SSSR count). The first-order valence-electron chi connectivity index (χ1n) is 7.38. The average molecular weight is 329 g/mol. The van der Waals surface area contributed by atoms with Gasteiger partial charge in [-0.1, -0.05) is 41.6 Å². The van der Waals surface area contributed by atoms with E-state index >= 15 is 0 Å². The molecule has 1 aliphatic heterocycles. The van der Waals surface area contributed by atoms with E-state index in [-0.39, 0.29) is 5.41 Å². The Labute approximate surface area is 140 Å². The molecule has 2 aromatic carbocycles. The van der Waals surface area contributed by atoms with E-state index in [2.05, 4.69) is 23.5 Å². The van der Waals surface area contributed by atoms with Gasteiger partial charge in [-0.2, -0.15) is 5.26 Å². The van der Waals surface area contributed by atoms with Crippen molar-refractivity contribution < 1.29 is 0 Å². The third-order valence-corrected chi connectivity index (χ3v) is 5.45. The minimum absolute atomic E-state index is 0.374.